The van der Waals surface area contributed by atoms with E-state index in [1.165, 1.54) is 6.42 Å². The smallest absolute Gasteiger partial charge is 0.330 e. The first-order valence-corrected chi connectivity index (χ1v) is 18.9. The summed E-state index contributed by atoms with van der Waals surface area (Å²) in [7, 11) is 4.99. The van der Waals surface area contributed by atoms with Gasteiger partial charge < -0.3 is 29.7 Å². The molecular formula is C41H56ClN5O6. The third kappa shape index (κ3) is 7.52. The van der Waals surface area contributed by atoms with Crippen LogP contribution >= 0.6 is 12.4 Å². The zero-order valence-corrected chi connectivity index (χ0v) is 33.0. The third-order valence-electron chi connectivity index (χ3n) is 12.1. The molecule has 4 aliphatic rings. The van der Waals surface area contributed by atoms with Crippen molar-refractivity contribution in [3.63, 3.8) is 0 Å². The molecule has 53 heavy (non-hydrogen) atoms. The molecule has 0 radical (unpaired) electrons. The number of aliphatic carboxylic acids is 1. The number of carboxylic acid groups (broad SMARTS) is 1. The van der Waals surface area contributed by atoms with Gasteiger partial charge in [0.1, 0.15) is 17.0 Å². The van der Waals surface area contributed by atoms with E-state index in [9.17, 15) is 19.5 Å². The number of aromatic nitrogens is 2. The number of methoxy groups -OCH3 is 2. The van der Waals surface area contributed by atoms with Crippen LogP contribution in [0.3, 0.4) is 0 Å². The molecule has 11 nitrogen and oxygen atoms in total. The normalized spacial score (nSPS) is 22.8. The molecule has 1 aromatic heterocycles. The summed E-state index contributed by atoms with van der Waals surface area (Å²) in [5.41, 5.74) is 2.06. The van der Waals surface area contributed by atoms with Crippen molar-refractivity contribution >= 4 is 30.2 Å². The summed E-state index contributed by atoms with van der Waals surface area (Å²) in [5.74, 6) is 0.374. The molecule has 0 spiro atoms. The zero-order valence-electron chi connectivity index (χ0n) is 32.2. The van der Waals surface area contributed by atoms with Gasteiger partial charge in [0, 0.05) is 19.2 Å². The van der Waals surface area contributed by atoms with Crippen molar-refractivity contribution in [2.45, 2.75) is 77.7 Å². The molecule has 4 fully saturated rings. The first-order chi connectivity index (χ1) is 24.9. The maximum atomic E-state index is 14.3. The molecule has 0 saturated heterocycles. The maximum Gasteiger partial charge on any atom is 0.330 e. The fourth-order valence-corrected chi connectivity index (χ4v) is 9.48. The molecule has 4 saturated carbocycles. The highest BCUT2D eigenvalue weighted by atomic mass is 35.5. The van der Waals surface area contributed by atoms with Crippen LogP contribution in [0.25, 0.3) is 16.9 Å². The van der Waals surface area contributed by atoms with Crippen molar-refractivity contribution in [3.8, 4) is 28.4 Å². The van der Waals surface area contributed by atoms with Crippen molar-refractivity contribution in [2.24, 2.45) is 23.7 Å². The Morgan fingerprint density at radius 3 is 2.08 bits per heavy atom. The predicted octanol–water partition coefficient (Wildman–Crippen LogP) is 6.91. The predicted molar refractivity (Wildman–Crippen MR) is 208 cm³/mol. The molecule has 0 atom stereocenters. The Morgan fingerprint density at radius 1 is 0.943 bits per heavy atom. The van der Waals surface area contributed by atoms with Crippen LogP contribution in [-0.4, -0.2) is 95.5 Å². The van der Waals surface area contributed by atoms with E-state index >= 15 is 0 Å². The Morgan fingerprint density at radius 2 is 1.55 bits per heavy atom. The van der Waals surface area contributed by atoms with Crippen LogP contribution in [0, 0.1) is 23.7 Å². The number of rotatable bonds is 15. The van der Waals surface area contributed by atoms with Crippen LogP contribution in [0.2, 0.25) is 0 Å². The molecule has 2 amide bonds. The molecule has 2 N–H and O–H groups in total. The van der Waals surface area contributed by atoms with E-state index in [-0.39, 0.29) is 41.8 Å². The van der Waals surface area contributed by atoms with Gasteiger partial charge in [-0.05, 0) is 130 Å². The lowest BCUT2D eigenvalue weighted by molar-refractivity contribution is -0.163. The highest BCUT2D eigenvalue weighted by molar-refractivity contribution is 5.98. The number of amides is 2. The standard InChI is InChI=1S/C41H55N5O6.ClH/c1-8-45(9-2)17-11-16-44(5)39(48)28-14-15-33(31(23-28)25(3)4)46-34(37-35(51-6)12-10-13-36(37)52-7)24-32(43-46)38(47)42-41(40(49)50)29-19-26-18-27(21-29)22-30(41)20-26;/h10,12-15,23-27,29-30H,8-9,11,16-22H2,1-7H3,(H,42,47)(H,49,50);1H. The second kappa shape index (κ2) is 16.5. The maximum absolute atomic E-state index is 14.3. The van der Waals surface area contributed by atoms with E-state index in [4.69, 9.17) is 14.6 Å². The van der Waals surface area contributed by atoms with Gasteiger partial charge in [-0.1, -0.05) is 33.8 Å². The Kier molecular flexibility index (Phi) is 12.5. The van der Waals surface area contributed by atoms with E-state index in [1.807, 2.05) is 43.4 Å². The highest BCUT2D eigenvalue weighted by Gasteiger charge is 2.62. The first kappa shape index (κ1) is 40.1. The Balaban J connectivity index is 0.00000541. The summed E-state index contributed by atoms with van der Waals surface area (Å²) < 4.78 is 13.3. The van der Waals surface area contributed by atoms with E-state index < -0.39 is 17.4 Å². The topological polar surface area (TPSA) is 126 Å². The van der Waals surface area contributed by atoms with Crippen LogP contribution in [-0.2, 0) is 4.79 Å². The molecule has 2 aromatic carbocycles. The average molecular weight is 750 g/mol. The fourth-order valence-electron chi connectivity index (χ4n) is 9.48. The fraction of sp³-hybridized carbons (Fsp3) is 0.561. The second-order valence-electron chi connectivity index (χ2n) is 15.3. The zero-order chi connectivity index (χ0) is 37.3. The van der Waals surface area contributed by atoms with E-state index in [0.29, 0.717) is 52.4 Å². The van der Waals surface area contributed by atoms with Crippen molar-refractivity contribution in [1.29, 1.82) is 0 Å². The van der Waals surface area contributed by atoms with Gasteiger partial charge >= 0.3 is 5.97 Å². The van der Waals surface area contributed by atoms with Gasteiger partial charge in [-0.15, -0.1) is 12.4 Å². The van der Waals surface area contributed by atoms with Crippen molar-refractivity contribution in [2.75, 3.05) is 47.4 Å². The average Bonchev–Trinajstić information content (AvgIpc) is 3.58. The second-order valence-corrected chi connectivity index (χ2v) is 15.3. The number of hydrogen-bond donors (Lipinski definition) is 2. The van der Waals surface area contributed by atoms with Gasteiger partial charge in [0.2, 0.25) is 0 Å². The molecule has 288 valence electrons. The number of ether oxygens (including phenoxy) is 2. The number of hydrogen-bond acceptors (Lipinski definition) is 7. The Labute approximate surface area is 319 Å². The monoisotopic (exact) mass is 749 g/mol. The van der Waals surface area contributed by atoms with Crippen molar-refractivity contribution < 1.29 is 29.0 Å². The summed E-state index contributed by atoms with van der Waals surface area (Å²) in [6.07, 6.45) is 5.35. The number of carbonyl (C=O) groups is 3. The summed E-state index contributed by atoms with van der Waals surface area (Å²) in [6.45, 7) is 11.9. The van der Waals surface area contributed by atoms with Crippen LogP contribution < -0.4 is 14.8 Å². The molecule has 0 unspecified atom stereocenters. The number of carboxylic acids is 1. The lowest BCUT2D eigenvalue weighted by Gasteiger charge is -2.59. The SMILES string of the molecule is CCN(CC)CCCN(C)C(=O)c1ccc(-n2nc(C(=O)NC3(C(=O)O)C4CC5CC(C4)CC3C5)cc2-c2c(OC)cccc2OC)c(C(C)C)c1.Cl. The summed E-state index contributed by atoms with van der Waals surface area (Å²) in [4.78, 5) is 45.2. The lowest BCUT2D eigenvalue weighted by atomic mass is 9.48. The molecule has 1 heterocycles. The van der Waals surface area contributed by atoms with Crippen LogP contribution in [0.15, 0.2) is 42.5 Å². The molecule has 3 aromatic rings. The van der Waals surface area contributed by atoms with Gasteiger partial charge in [0.15, 0.2) is 5.69 Å². The van der Waals surface area contributed by atoms with E-state index in [1.54, 1.807) is 29.9 Å². The Hall–Kier alpha value is -4.09. The molecular weight excluding hydrogens is 694 g/mol. The van der Waals surface area contributed by atoms with E-state index in [0.717, 1.165) is 57.3 Å². The first-order valence-electron chi connectivity index (χ1n) is 18.9. The minimum atomic E-state index is -1.32. The number of halogens is 1. The number of benzene rings is 2. The third-order valence-corrected chi connectivity index (χ3v) is 12.1. The largest absolute Gasteiger partial charge is 0.496 e. The quantitative estimate of drug-likeness (QED) is 0.172. The number of carbonyl (C=O) groups excluding carboxylic acids is 2. The highest BCUT2D eigenvalue weighted by Crippen LogP contribution is 2.58. The molecule has 4 aliphatic carbocycles. The van der Waals surface area contributed by atoms with Crippen LogP contribution in [0.1, 0.15) is 98.5 Å². The number of nitrogens with one attached hydrogen (secondary N) is 1. The van der Waals surface area contributed by atoms with Gasteiger partial charge in [-0.2, -0.15) is 5.10 Å². The summed E-state index contributed by atoms with van der Waals surface area (Å²) in [5, 5.41) is 18.7. The minimum absolute atomic E-state index is 0. The van der Waals surface area contributed by atoms with Crippen LogP contribution in [0.5, 0.6) is 11.5 Å². The number of nitrogens with zero attached hydrogens (tertiary/aromatic N) is 4. The summed E-state index contributed by atoms with van der Waals surface area (Å²) in [6, 6.07) is 12.8. The van der Waals surface area contributed by atoms with Gasteiger partial charge in [-0.3, -0.25) is 9.59 Å². The molecule has 12 heteroatoms. The van der Waals surface area contributed by atoms with E-state index in [2.05, 4.69) is 37.9 Å². The van der Waals surface area contributed by atoms with Gasteiger partial charge in [0.05, 0.1) is 31.2 Å². The molecule has 0 aliphatic heterocycles. The molecule has 7 rings (SSSR count). The Bertz CT molecular complexity index is 1750. The van der Waals surface area contributed by atoms with Crippen molar-refractivity contribution in [1.82, 2.24) is 24.9 Å². The minimum Gasteiger partial charge on any atom is -0.496 e. The van der Waals surface area contributed by atoms with Gasteiger partial charge in [0.25, 0.3) is 11.8 Å². The lowest BCUT2D eigenvalue weighted by Crippen LogP contribution is -2.70. The van der Waals surface area contributed by atoms with Gasteiger partial charge in [-0.25, -0.2) is 9.48 Å². The van der Waals surface area contributed by atoms with Crippen molar-refractivity contribution in [3.05, 3.63) is 59.3 Å². The van der Waals surface area contributed by atoms with Crippen LogP contribution in [0.4, 0.5) is 0 Å². The summed E-state index contributed by atoms with van der Waals surface area (Å²) >= 11 is 0. The molecule has 4 bridgehead atoms.